The van der Waals surface area contributed by atoms with Crippen LogP contribution in [0, 0.1) is 0 Å². The van der Waals surface area contributed by atoms with Crippen LogP contribution in [0.25, 0.3) is 93.6 Å². The lowest BCUT2D eigenvalue weighted by Crippen LogP contribution is -1.93. The van der Waals surface area contributed by atoms with Gasteiger partial charge in [0.15, 0.2) is 0 Å². The number of fused-ring (bicyclic) bond motifs is 9. The average molecular weight is 666 g/mol. The first-order chi connectivity index (χ1) is 25.7. The van der Waals surface area contributed by atoms with Crippen molar-refractivity contribution in [1.29, 1.82) is 0 Å². The van der Waals surface area contributed by atoms with Crippen LogP contribution in [0.2, 0.25) is 0 Å². The van der Waals surface area contributed by atoms with Crippen LogP contribution in [0.15, 0.2) is 185 Å². The van der Waals surface area contributed by atoms with Gasteiger partial charge in [0, 0.05) is 38.0 Å². The first-order valence-electron chi connectivity index (χ1n) is 17.8. The highest BCUT2D eigenvalue weighted by Gasteiger charge is 2.16. The van der Waals surface area contributed by atoms with Crippen molar-refractivity contribution >= 4 is 65.7 Å². The van der Waals surface area contributed by atoms with Gasteiger partial charge in [-0.3, -0.25) is 0 Å². The highest BCUT2D eigenvalue weighted by atomic mass is 16.3. The Labute approximate surface area is 299 Å². The van der Waals surface area contributed by atoms with Gasteiger partial charge in [-0.2, -0.15) is 0 Å². The number of furan rings is 2. The Morgan fingerprint density at radius 2 is 0.904 bits per heavy atom. The highest BCUT2D eigenvalue weighted by molar-refractivity contribution is 6.12. The summed E-state index contributed by atoms with van der Waals surface area (Å²) < 4.78 is 14.9. The maximum atomic E-state index is 6.40. The van der Waals surface area contributed by atoms with Crippen LogP contribution in [-0.2, 0) is 6.42 Å². The molecule has 0 N–H and O–H groups in total. The lowest BCUT2D eigenvalue weighted by molar-refractivity contribution is 0.668. The number of hydrogen-bond acceptors (Lipinski definition) is 2. The van der Waals surface area contributed by atoms with Gasteiger partial charge < -0.3 is 13.4 Å². The third-order valence-electron chi connectivity index (χ3n) is 10.6. The van der Waals surface area contributed by atoms with E-state index in [-0.39, 0.29) is 0 Å². The van der Waals surface area contributed by atoms with Crippen molar-refractivity contribution in [2.24, 2.45) is 0 Å². The molecule has 0 amide bonds. The Morgan fingerprint density at radius 3 is 1.79 bits per heavy atom. The van der Waals surface area contributed by atoms with Crippen molar-refractivity contribution in [3.8, 4) is 27.9 Å². The fraction of sp³-hybridized carbons (Fsp3) is 0.0204. The van der Waals surface area contributed by atoms with Crippen molar-refractivity contribution < 1.29 is 8.83 Å². The second-order valence-electron chi connectivity index (χ2n) is 13.7. The van der Waals surface area contributed by atoms with Crippen molar-refractivity contribution in [2.75, 3.05) is 0 Å². The predicted octanol–water partition coefficient (Wildman–Crippen LogP) is 13.5. The van der Waals surface area contributed by atoms with E-state index in [1.165, 1.54) is 60.6 Å². The fourth-order valence-corrected chi connectivity index (χ4v) is 8.13. The topological polar surface area (TPSA) is 31.2 Å². The van der Waals surface area contributed by atoms with Crippen LogP contribution in [0.1, 0.15) is 11.1 Å². The van der Waals surface area contributed by atoms with Crippen molar-refractivity contribution in [2.45, 2.75) is 6.42 Å². The largest absolute Gasteiger partial charge is 0.456 e. The number of nitrogens with zero attached hydrogens (tertiary/aromatic N) is 1. The molecule has 0 saturated carbocycles. The molecule has 244 valence electrons. The summed E-state index contributed by atoms with van der Waals surface area (Å²) in [7, 11) is 0. The van der Waals surface area contributed by atoms with Gasteiger partial charge >= 0.3 is 0 Å². The molecular weight excluding hydrogens is 635 g/mol. The first kappa shape index (κ1) is 28.9. The number of hydrogen-bond donors (Lipinski definition) is 0. The molecule has 0 atom stereocenters. The van der Waals surface area contributed by atoms with E-state index >= 15 is 0 Å². The fourth-order valence-electron chi connectivity index (χ4n) is 8.13. The van der Waals surface area contributed by atoms with Gasteiger partial charge in [0.1, 0.15) is 22.3 Å². The minimum Gasteiger partial charge on any atom is -0.456 e. The summed E-state index contributed by atoms with van der Waals surface area (Å²) in [6.45, 7) is 0. The van der Waals surface area contributed by atoms with Gasteiger partial charge in [0.2, 0.25) is 0 Å². The van der Waals surface area contributed by atoms with Gasteiger partial charge in [-0.15, -0.1) is 0 Å². The Kier molecular flexibility index (Phi) is 6.31. The molecule has 3 aromatic heterocycles. The monoisotopic (exact) mass is 665 g/mol. The molecule has 11 aromatic rings. The summed E-state index contributed by atoms with van der Waals surface area (Å²) in [6, 6.07) is 63.0. The lowest BCUT2D eigenvalue weighted by Gasteiger charge is -2.09. The van der Waals surface area contributed by atoms with Gasteiger partial charge in [0.05, 0.1) is 11.0 Å². The third kappa shape index (κ3) is 4.60. The zero-order chi connectivity index (χ0) is 34.2. The number of benzene rings is 8. The summed E-state index contributed by atoms with van der Waals surface area (Å²) >= 11 is 0. The van der Waals surface area contributed by atoms with Crippen molar-refractivity contribution in [1.82, 2.24) is 4.57 Å². The molecule has 0 spiro atoms. The molecule has 0 unspecified atom stereocenters. The zero-order valence-corrected chi connectivity index (χ0v) is 28.2. The van der Waals surface area contributed by atoms with Crippen molar-refractivity contribution in [3.63, 3.8) is 0 Å². The highest BCUT2D eigenvalue weighted by Crippen LogP contribution is 2.38. The Hall–Kier alpha value is -6.84. The number of rotatable bonds is 5. The van der Waals surface area contributed by atoms with E-state index in [2.05, 4.69) is 168 Å². The molecule has 0 radical (unpaired) electrons. The Bertz CT molecular complexity index is 3160. The molecule has 3 heterocycles. The molecule has 0 fully saturated rings. The minimum absolute atomic E-state index is 0.842. The van der Waals surface area contributed by atoms with Gasteiger partial charge in [-0.05, 0) is 107 Å². The zero-order valence-electron chi connectivity index (χ0n) is 28.2. The quantitative estimate of drug-likeness (QED) is 0.183. The maximum Gasteiger partial charge on any atom is 0.135 e. The van der Waals surface area contributed by atoms with Crippen LogP contribution in [-0.4, -0.2) is 4.57 Å². The van der Waals surface area contributed by atoms with E-state index in [1.54, 1.807) is 0 Å². The summed E-state index contributed by atoms with van der Waals surface area (Å²) in [5.41, 5.74) is 14.5. The molecule has 0 aliphatic heterocycles. The van der Waals surface area contributed by atoms with Crippen LogP contribution >= 0.6 is 0 Å². The van der Waals surface area contributed by atoms with Crippen molar-refractivity contribution in [3.05, 3.63) is 187 Å². The molecule has 52 heavy (non-hydrogen) atoms. The lowest BCUT2D eigenvalue weighted by atomic mass is 9.97. The molecule has 0 bridgehead atoms. The van der Waals surface area contributed by atoms with Gasteiger partial charge in [-0.25, -0.2) is 0 Å². The first-order valence-corrected chi connectivity index (χ1v) is 17.8. The second kappa shape index (κ2) is 11.3. The summed E-state index contributed by atoms with van der Waals surface area (Å²) in [6.07, 6.45) is 0.842. The normalized spacial score (nSPS) is 11.9. The SMILES string of the molecule is c1ccc(-c2ccc3c(c2)c2ccccc2n3-c2ccc3oc4ccc(-c5cccc(Cc6ccc7oc8ccccc8c7c6)c5)cc4c3c2)cc1. The van der Waals surface area contributed by atoms with Crippen LogP contribution in [0.3, 0.4) is 0 Å². The van der Waals surface area contributed by atoms with E-state index in [4.69, 9.17) is 8.83 Å². The summed E-state index contributed by atoms with van der Waals surface area (Å²) in [5, 5.41) is 7.04. The standard InChI is InChI=1S/C49H31NO2/c1-2-10-33(11-3-1)35-18-21-45-40(28-35)38-13-4-6-15-44(38)50(45)37-20-24-49-43(30-37)42-29-36(19-23-48(42)52-49)34-12-8-9-31(26-34)25-32-17-22-47-41(27-32)39-14-5-7-16-46(39)51-47/h1-24,26-30H,25H2. The van der Waals surface area contributed by atoms with Gasteiger partial charge in [-0.1, -0.05) is 109 Å². The summed E-state index contributed by atoms with van der Waals surface area (Å²) in [4.78, 5) is 0. The van der Waals surface area contributed by atoms with Gasteiger partial charge in [0.25, 0.3) is 0 Å². The third-order valence-corrected chi connectivity index (χ3v) is 10.6. The molecule has 3 heteroatoms. The second-order valence-corrected chi connectivity index (χ2v) is 13.7. The van der Waals surface area contributed by atoms with Crippen LogP contribution < -0.4 is 0 Å². The van der Waals surface area contributed by atoms with E-state index in [0.29, 0.717) is 0 Å². The number of aromatic nitrogens is 1. The van der Waals surface area contributed by atoms with E-state index in [1.807, 2.05) is 12.1 Å². The Balaban J connectivity index is 0.986. The predicted molar refractivity (Wildman–Crippen MR) is 215 cm³/mol. The summed E-state index contributed by atoms with van der Waals surface area (Å²) in [5.74, 6) is 0. The van der Waals surface area contributed by atoms with Crippen LogP contribution in [0.4, 0.5) is 0 Å². The molecule has 8 aromatic carbocycles. The van der Waals surface area contributed by atoms with E-state index < -0.39 is 0 Å². The molecule has 0 saturated heterocycles. The van der Waals surface area contributed by atoms with E-state index in [0.717, 1.165) is 50.6 Å². The molecule has 0 aliphatic rings. The minimum atomic E-state index is 0.842. The van der Waals surface area contributed by atoms with E-state index in [9.17, 15) is 0 Å². The van der Waals surface area contributed by atoms with Crippen LogP contribution in [0.5, 0.6) is 0 Å². The number of para-hydroxylation sites is 2. The Morgan fingerprint density at radius 1 is 0.327 bits per heavy atom. The molecule has 11 rings (SSSR count). The molecule has 3 nitrogen and oxygen atoms in total. The smallest absolute Gasteiger partial charge is 0.135 e. The maximum absolute atomic E-state index is 6.40. The average Bonchev–Trinajstić information content (AvgIpc) is 3.87. The molecular formula is C49H31NO2. The molecule has 0 aliphatic carbocycles.